The van der Waals surface area contributed by atoms with Crippen LogP contribution in [0.15, 0.2) is 0 Å². The van der Waals surface area contributed by atoms with Crippen molar-refractivity contribution in [3.05, 3.63) is 5.82 Å². The van der Waals surface area contributed by atoms with E-state index in [9.17, 15) is 5.26 Å². The van der Waals surface area contributed by atoms with E-state index in [4.69, 9.17) is 0 Å². The van der Waals surface area contributed by atoms with Gasteiger partial charge in [-0.05, 0) is 24.0 Å². The molecule has 0 amide bonds. The molecule has 5 heteroatoms. The average molecular weight is 219 g/mol. The zero-order valence-corrected chi connectivity index (χ0v) is 9.85. The van der Waals surface area contributed by atoms with E-state index in [0.717, 1.165) is 19.3 Å². The highest BCUT2D eigenvalue weighted by molar-refractivity contribution is 5.06. The van der Waals surface area contributed by atoms with Crippen LogP contribution in [0, 0.1) is 22.7 Å². The Bertz CT molecular complexity index is 405. The van der Waals surface area contributed by atoms with Crippen LogP contribution in [0.4, 0.5) is 0 Å². The highest BCUT2D eigenvalue weighted by Gasteiger charge is 2.36. The van der Waals surface area contributed by atoms with Gasteiger partial charge in [-0.1, -0.05) is 19.8 Å². The summed E-state index contributed by atoms with van der Waals surface area (Å²) in [6.07, 6.45) is 4.93. The fraction of sp³-hybridized carbons (Fsp3) is 0.818. The van der Waals surface area contributed by atoms with Crippen molar-refractivity contribution in [2.45, 2.75) is 39.0 Å². The van der Waals surface area contributed by atoms with Crippen molar-refractivity contribution in [1.82, 2.24) is 20.2 Å². The lowest BCUT2D eigenvalue weighted by atomic mass is 9.69. The van der Waals surface area contributed by atoms with Gasteiger partial charge in [-0.15, -0.1) is 10.2 Å². The second kappa shape index (κ2) is 4.20. The molecule has 1 aromatic heterocycles. The van der Waals surface area contributed by atoms with Crippen molar-refractivity contribution in [2.24, 2.45) is 18.4 Å². The maximum Gasteiger partial charge on any atom is 0.176 e. The van der Waals surface area contributed by atoms with Crippen LogP contribution in [0.25, 0.3) is 0 Å². The third-order valence-corrected chi connectivity index (χ3v) is 3.37. The monoisotopic (exact) mass is 219 g/mol. The summed E-state index contributed by atoms with van der Waals surface area (Å²) in [5, 5.41) is 21.4. The molecule has 2 unspecified atom stereocenters. The molecule has 0 spiro atoms. The molecule has 1 heterocycles. The highest BCUT2D eigenvalue weighted by atomic mass is 15.6. The number of tetrazole rings is 1. The fourth-order valence-electron chi connectivity index (χ4n) is 2.66. The Hall–Kier alpha value is -1.44. The number of rotatable bonds is 2. The van der Waals surface area contributed by atoms with Gasteiger partial charge in [0.1, 0.15) is 0 Å². The summed E-state index contributed by atoms with van der Waals surface area (Å²) >= 11 is 0. The maximum atomic E-state index is 9.39. The van der Waals surface area contributed by atoms with Crippen LogP contribution in [0.1, 0.15) is 38.4 Å². The van der Waals surface area contributed by atoms with Gasteiger partial charge in [0.05, 0.1) is 18.5 Å². The molecule has 16 heavy (non-hydrogen) atoms. The molecule has 1 saturated carbocycles. The Labute approximate surface area is 95.5 Å². The van der Waals surface area contributed by atoms with Crippen LogP contribution >= 0.6 is 0 Å². The molecule has 1 fully saturated rings. The first-order valence-corrected chi connectivity index (χ1v) is 5.78. The summed E-state index contributed by atoms with van der Waals surface area (Å²) in [5.74, 6) is 1.32. The minimum Gasteiger partial charge on any atom is -0.198 e. The summed E-state index contributed by atoms with van der Waals surface area (Å²) in [6.45, 7) is 2.22. The zero-order chi connectivity index (χ0) is 11.6. The normalized spacial score (nSPS) is 29.9. The van der Waals surface area contributed by atoms with Gasteiger partial charge in [0, 0.05) is 6.42 Å². The summed E-state index contributed by atoms with van der Waals surface area (Å²) < 4.78 is 0. The van der Waals surface area contributed by atoms with Crippen LogP contribution < -0.4 is 0 Å². The van der Waals surface area contributed by atoms with Gasteiger partial charge in [-0.25, -0.2) is 0 Å². The van der Waals surface area contributed by atoms with Crippen molar-refractivity contribution < 1.29 is 0 Å². The predicted molar refractivity (Wildman–Crippen MR) is 58.2 cm³/mol. The molecule has 2 rings (SSSR count). The van der Waals surface area contributed by atoms with Gasteiger partial charge in [-0.2, -0.15) is 10.1 Å². The molecule has 1 aliphatic carbocycles. The van der Waals surface area contributed by atoms with Gasteiger partial charge in [0.25, 0.3) is 0 Å². The van der Waals surface area contributed by atoms with Gasteiger partial charge in [-0.3, -0.25) is 0 Å². The number of nitrogens with zero attached hydrogens (tertiary/aromatic N) is 5. The van der Waals surface area contributed by atoms with Crippen molar-refractivity contribution in [1.29, 1.82) is 5.26 Å². The van der Waals surface area contributed by atoms with E-state index >= 15 is 0 Å². The lowest BCUT2D eigenvalue weighted by molar-refractivity contribution is 0.206. The molecule has 0 saturated heterocycles. The van der Waals surface area contributed by atoms with E-state index in [2.05, 4.69) is 28.4 Å². The predicted octanol–water partition coefficient (Wildman–Crippen LogP) is 1.47. The Kier molecular flexibility index (Phi) is 2.90. The number of nitriles is 1. The molecule has 1 aliphatic rings. The Morgan fingerprint density at radius 2 is 2.44 bits per heavy atom. The van der Waals surface area contributed by atoms with Crippen LogP contribution in [0.2, 0.25) is 0 Å². The molecular weight excluding hydrogens is 202 g/mol. The number of aromatic nitrogens is 4. The minimum absolute atomic E-state index is 0.263. The van der Waals surface area contributed by atoms with Crippen molar-refractivity contribution in [3.8, 4) is 6.07 Å². The Morgan fingerprint density at radius 1 is 1.62 bits per heavy atom. The molecule has 0 aromatic carbocycles. The quantitative estimate of drug-likeness (QED) is 0.755. The van der Waals surface area contributed by atoms with Gasteiger partial charge in [0.2, 0.25) is 0 Å². The molecule has 0 aliphatic heterocycles. The van der Waals surface area contributed by atoms with E-state index in [1.807, 2.05) is 0 Å². The van der Waals surface area contributed by atoms with E-state index in [-0.39, 0.29) is 5.41 Å². The molecule has 5 nitrogen and oxygen atoms in total. The summed E-state index contributed by atoms with van der Waals surface area (Å²) in [7, 11) is 1.75. The Morgan fingerprint density at radius 3 is 3.00 bits per heavy atom. The molecule has 0 N–H and O–H groups in total. The highest BCUT2D eigenvalue weighted by Crippen LogP contribution is 2.40. The van der Waals surface area contributed by atoms with E-state index in [1.165, 1.54) is 11.2 Å². The van der Waals surface area contributed by atoms with Gasteiger partial charge >= 0.3 is 0 Å². The largest absolute Gasteiger partial charge is 0.198 e. The zero-order valence-electron chi connectivity index (χ0n) is 9.85. The topological polar surface area (TPSA) is 67.4 Å². The first-order valence-electron chi connectivity index (χ1n) is 5.78. The summed E-state index contributed by atoms with van der Waals surface area (Å²) in [6, 6.07) is 2.49. The fourth-order valence-corrected chi connectivity index (χ4v) is 2.66. The smallest absolute Gasteiger partial charge is 0.176 e. The van der Waals surface area contributed by atoms with Crippen LogP contribution in [-0.2, 0) is 13.5 Å². The second-order valence-corrected chi connectivity index (χ2v) is 4.97. The van der Waals surface area contributed by atoms with Crippen LogP contribution in [0.3, 0.4) is 0 Å². The van der Waals surface area contributed by atoms with Crippen molar-refractivity contribution in [3.63, 3.8) is 0 Å². The summed E-state index contributed by atoms with van der Waals surface area (Å²) in [5.41, 5.74) is -0.263. The number of hydrogen-bond acceptors (Lipinski definition) is 4. The lowest BCUT2D eigenvalue weighted by Crippen LogP contribution is -2.29. The lowest BCUT2D eigenvalue weighted by Gasteiger charge is -2.33. The minimum atomic E-state index is -0.263. The van der Waals surface area contributed by atoms with Crippen LogP contribution in [-0.4, -0.2) is 20.2 Å². The number of aryl methyl sites for hydroxylation is 1. The molecule has 0 bridgehead atoms. The molecular formula is C11H17N5. The molecule has 0 radical (unpaired) electrons. The maximum absolute atomic E-state index is 9.39. The third-order valence-electron chi connectivity index (χ3n) is 3.37. The van der Waals surface area contributed by atoms with Crippen LogP contribution in [0.5, 0.6) is 0 Å². The van der Waals surface area contributed by atoms with E-state index in [0.29, 0.717) is 18.2 Å². The Balaban J connectivity index is 2.13. The van der Waals surface area contributed by atoms with Crippen molar-refractivity contribution in [2.75, 3.05) is 0 Å². The first kappa shape index (κ1) is 11.1. The van der Waals surface area contributed by atoms with Gasteiger partial charge in [0.15, 0.2) is 5.82 Å². The third kappa shape index (κ3) is 2.21. The molecule has 1 aromatic rings. The van der Waals surface area contributed by atoms with E-state index < -0.39 is 0 Å². The number of hydrogen-bond donors (Lipinski definition) is 0. The SMILES string of the molecule is CC1CCCC(C#N)(Cc2nnn(C)n2)C1. The van der Waals surface area contributed by atoms with E-state index in [1.54, 1.807) is 7.05 Å². The second-order valence-electron chi connectivity index (χ2n) is 4.97. The summed E-state index contributed by atoms with van der Waals surface area (Å²) in [4.78, 5) is 1.45. The average Bonchev–Trinajstić information content (AvgIpc) is 2.64. The first-order chi connectivity index (χ1) is 7.63. The molecule has 86 valence electrons. The van der Waals surface area contributed by atoms with Gasteiger partial charge < -0.3 is 0 Å². The molecule has 2 atom stereocenters. The standard InChI is InChI=1S/C11H17N5/c1-9-4-3-5-11(6-9,8-12)7-10-13-15-16(2)14-10/h9H,3-7H2,1-2H3. The van der Waals surface area contributed by atoms with Crippen molar-refractivity contribution >= 4 is 0 Å².